The predicted molar refractivity (Wildman–Crippen MR) is 54.5 cm³/mol. The van der Waals surface area contributed by atoms with Gasteiger partial charge >= 0.3 is 0 Å². The fourth-order valence-electron chi connectivity index (χ4n) is 1.09. The molecule has 0 aliphatic carbocycles. The van der Waals surface area contributed by atoms with E-state index in [1.807, 2.05) is 37.3 Å². The number of benzene rings is 1. The van der Waals surface area contributed by atoms with Gasteiger partial charge in [0.15, 0.2) is 5.78 Å². The molecule has 1 aromatic carbocycles. The molecule has 1 aromatic rings. The van der Waals surface area contributed by atoms with Gasteiger partial charge in [-0.3, -0.25) is 4.79 Å². The standard InChI is InChI=1S/C11H13NO/c1-9(8-10(2)13)12-11-6-4-3-5-7-11/h3-8,12H,1-2H3/b9-8+. The van der Waals surface area contributed by atoms with Crippen LogP contribution in [0.25, 0.3) is 0 Å². The lowest BCUT2D eigenvalue weighted by molar-refractivity contribution is -0.112. The number of ketones is 1. The van der Waals surface area contributed by atoms with Crippen LogP contribution in [-0.4, -0.2) is 5.78 Å². The average molecular weight is 175 g/mol. The van der Waals surface area contributed by atoms with Crippen molar-refractivity contribution < 1.29 is 4.79 Å². The quantitative estimate of drug-likeness (QED) is 0.715. The molecule has 0 aliphatic rings. The van der Waals surface area contributed by atoms with Crippen molar-refractivity contribution >= 4 is 11.5 Å². The molecule has 0 atom stereocenters. The second kappa shape index (κ2) is 4.45. The van der Waals surface area contributed by atoms with Crippen molar-refractivity contribution in [1.82, 2.24) is 0 Å². The van der Waals surface area contributed by atoms with Crippen LogP contribution in [0.4, 0.5) is 5.69 Å². The number of rotatable bonds is 3. The van der Waals surface area contributed by atoms with Crippen LogP contribution in [0, 0.1) is 0 Å². The van der Waals surface area contributed by atoms with Gasteiger partial charge in [-0.1, -0.05) is 18.2 Å². The fourth-order valence-corrected chi connectivity index (χ4v) is 1.09. The van der Waals surface area contributed by atoms with E-state index in [0.29, 0.717) is 0 Å². The van der Waals surface area contributed by atoms with E-state index < -0.39 is 0 Å². The van der Waals surface area contributed by atoms with Gasteiger partial charge in [-0.15, -0.1) is 0 Å². The Labute approximate surface area is 78.3 Å². The van der Waals surface area contributed by atoms with E-state index in [1.165, 1.54) is 6.92 Å². The van der Waals surface area contributed by atoms with Gasteiger partial charge in [-0.2, -0.15) is 0 Å². The Bertz CT molecular complexity index is 314. The first-order chi connectivity index (χ1) is 6.18. The van der Waals surface area contributed by atoms with Gasteiger partial charge in [0, 0.05) is 11.4 Å². The highest BCUT2D eigenvalue weighted by molar-refractivity contribution is 5.88. The molecule has 0 radical (unpaired) electrons. The van der Waals surface area contributed by atoms with E-state index in [9.17, 15) is 4.79 Å². The van der Waals surface area contributed by atoms with Gasteiger partial charge in [-0.25, -0.2) is 0 Å². The van der Waals surface area contributed by atoms with Gasteiger partial charge in [0.05, 0.1) is 0 Å². The Morgan fingerprint density at radius 2 is 1.85 bits per heavy atom. The summed E-state index contributed by atoms with van der Waals surface area (Å²) >= 11 is 0. The molecule has 0 saturated carbocycles. The highest BCUT2D eigenvalue weighted by Crippen LogP contribution is 2.08. The third-order valence-electron chi connectivity index (χ3n) is 1.54. The molecule has 0 aliphatic heterocycles. The number of allylic oxidation sites excluding steroid dienone is 2. The number of carbonyl (C=O) groups is 1. The van der Waals surface area contributed by atoms with Crippen LogP contribution >= 0.6 is 0 Å². The molecule has 1 rings (SSSR count). The molecular weight excluding hydrogens is 162 g/mol. The molecule has 0 bridgehead atoms. The number of anilines is 1. The van der Waals surface area contributed by atoms with Gasteiger partial charge in [0.25, 0.3) is 0 Å². The van der Waals surface area contributed by atoms with Crippen molar-refractivity contribution in [1.29, 1.82) is 0 Å². The summed E-state index contributed by atoms with van der Waals surface area (Å²) in [7, 11) is 0. The molecule has 0 amide bonds. The third-order valence-corrected chi connectivity index (χ3v) is 1.54. The van der Waals surface area contributed by atoms with E-state index in [1.54, 1.807) is 6.08 Å². The lowest BCUT2D eigenvalue weighted by Crippen LogP contribution is -1.97. The summed E-state index contributed by atoms with van der Waals surface area (Å²) in [5.41, 5.74) is 1.86. The molecule has 0 saturated heterocycles. The highest BCUT2D eigenvalue weighted by atomic mass is 16.1. The zero-order valence-electron chi connectivity index (χ0n) is 7.87. The molecule has 0 aromatic heterocycles. The first kappa shape index (κ1) is 9.52. The minimum Gasteiger partial charge on any atom is -0.359 e. The summed E-state index contributed by atoms with van der Waals surface area (Å²) < 4.78 is 0. The molecule has 2 nitrogen and oxygen atoms in total. The van der Waals surface area contributed by atoms with Crippen LogP contribution in [0.1, 0.15) is 13.8 Å². The normalized spacial score (nSPS) is 11.1. The van der Waals surface area contributed by atoms with Crippen LogP contribution in [0.5, 0.6) is 0 Å². The molecule has 0 spiro atoms. The van der Waals surface area contributed by atoms with Crippen LogP contribution in [0.2, 0.25) is 0 Å². The summed E-state index contributed by atoms with van der Waals surface area (Å²) in [5, 5.41) is 3.11. The van der Waals surface area contributed by atoms with E-state index in [0.717, 1.165) is 11.4 Å². The predicted octanol–water partition coefficient (Wildman–Crippen LogP) is 2.59. The molecule has 2 heteroatoms. The molecule has 0 unspecified atom stereocenters. The molecule has 0 heterocycles. The summed E-state index contributed by atoms with van der Waals surface area (Å²) in [4.78, 5) is 10.7. The minimum atomic E-state index is 0.0564. The maximum atomic E-state index is 10.7. The number of para-hydroxylation sites is 1. The molecule has 13 heavy (non-hydrogen) atoms. The Morgan fingerprint density at radius 1 is 1.23 bits per heavy atom. The Balaban J connectivity index is 2.65. The fraction of sp³-hybridized carbons (Fsp3) is 0.182. The smallest absolute Gasteiger partial charge is 0.154 e. The van der Waals surface area contributed by atoms with Gasteiger partial charge in [0.2, 0.25) is 0 Å². The maximum Gasteiger partial charge on any atom is 0.154 e. The summed E-state index contributed by atoms with van der Waals surface area (Å²) in [6.07, 6.45) is 1.58. The zero-order chi connectivity index (χ0) is 9.68. The van der Waals surface area contributed by atoms with Gasteiger partial charge in [-0.05, 0) is 32.1 Å². The average Bonchev–Trinajstić information content (AvgIpc) is 2.04. The number of nitrogens with one attached hydrogen (secondary N) is 1. The zero-order valence-corrected chi connectivity index (χ0v) is 7.87. The van der Waals surface area contributed by atoms with Crippen LogP contribution in [-0.2, 0) is 4.79 Å². The number of hydrogen-bond donors (Lipinski definition) is 1. The second-order valence-corrected chi connectivity index (χ2v) is 2.93. The first-order valence-electron chi connectivity index (χ1n) is 4.19. The summed E-state index contributed by atoms with van der Waals surface area (Å²) in [6, 6.07) is 9.76. The lowest BCUT2D eigenvalue weighted by atomic mass is 10.3. The van der Waals surface area contributed by atoms with Crippen LogP contribution in [0.3, 0.4) is 0 Å². The summed E-state index contributed by atoms with van der Waals surface area (Å²) in [5.74, 6) is 0.0564. The second-order valence-electron chi connectivity index (χ2n) is 2.93. The maximum absolute atomic E-state index is 10.7. The van der Waals surface area contributed by atoms with Gasteiger partial charge < -0.3 is 5.32 Å². The molecule has 68 valence electrons. The minimum absolute atomic E-state index is 0.0564. The van der Waals surface area contributed by atoms with Crippen molar-refractivity contribution in [3.05, 3.63) is 42.1 Å². The summed E-state index contributed by atoms with van der Waals surface area (Å²) in [6.45, 7) is 3.41. The van der Waals surface area contributed by atoms with Crippen molar-refractivity contribution in [2.24, 2.45) is 0 Å². The number of hydrogen-bond acceptors (Lipinski definition) is 2. The Kier molecular flexibility index (Phi) is 3.26. The van der Waals surface area contributed by atoms with E-state index >= 15 is 0 Å². The Hall–Kier alpha value is -1.57. The molecular formula is C11H13NO. The van der Waals surface area contributed by atoms with Gasteiger partial charge in [0.1, 0.15) is 0 Å². The van der Waals surface area contributed by atoms with Crippen molar-refractivity contribution in [3.63, 3.8) is 0 Å². The van der Waals surface area contributed by atoms with E-state index in [2.05, 4.69) is 5.32 Å². The van der Waals surface area contributed by atoms with Crippen LogP contribution < -0.4 is 5.32 Å². The SMILES string of the molecule is CC(=O)/C=C(\C)Nc1ccccc1. The van der Waals surface area contributed by atoms with Crippen LogP contribution in [0.15, 0.2) is 42.1 Å². The Morgan fingerprint density at radius 3 is 2.38 bits per heavy atom. The van der Waals surface area contributed by atoms with E-state index in [-0.39, 0.29) is 5.78 Å². The van der Waals surface area contributed by atoms with E-state index in [4.69, 9.17) is 0 Å². The largest absolute Gasteiger partial charge is 0.359 e. The molecule has 1 N–H and O–H groups in total. The highest BCUT2D eigenvalue weighted by Gasteiger charge is 1.92. The molecule has 0 fully saturated rings. The lowest BCUT2D eigenvalue weighted by Gasteiger charge is -2.04. The van der Waals surface area contributed by atoms with Crippen molar-refractivity contribution in [3.8, 4) is 0 Å². The number of carbonyl (C=O) groups excluding carboxylic acids is 1. The first-order valence-corrected chi connectivity index (χ1v) is 4.19. The van der Waals surface area contributed by atoms with Crippen molar-refractivity contribution in [2.45, 2.75) is 13.8 Å². The third kappa shape index (κ3) is 3.56. The monoisotopic (exact) mass is 175 g/mol. The van der Waals surface area contributed by atoms with Crippen molar-refractivity contribution in [2.75, 3.05) is 5.32 Å². The topological polar surface area (TPSA) is 29.1 Å².